The van der Waals surface area contributed by atoms with Crippen molar-refractivity contribution < 1.29 is 132 Å². The Hall–Kier alpha value is -9.77. The summed E-state index contributed by atoms with van der Waals surface area (Å²) >= 11 is 14.2. The molecule has 5 aromatic rings. The number of carboxylic acid groups (broad SMARTS) is 2. The first kappa shape index (κ1) is 80.8. The van der Waals surface area contributed by atoms with Crippen LogP contribution in [0.4, 0.5) is 0 Å². The zero-order valence-electron chi connectivity index (χ0n) is 58.3. The van der Waals surface area contributed by atoms with E-state index in [0.29, 0.717) is 0 Å². The molecule has 21 N–H and O–H groups in total. The minimum absolute atomic E-state index is 0.115. The van der Waals surface area contributed by atoms with Crippen molar-refractivity contribution in [3.05, 3.63) is 117 Å². The van der Waals surface area contributed by atoms with E-state index in [9.17, 15) is 84.9 Å². The number of hydrogen-bond donors (Lipinski definition) is 20. The van der Waals surface area contributed by atoms with Crippen LogP contribution in [0.25, 0.3) is 11.1 Å². The highest BCUT2D eigenvalue weighted by Crippen LogP contribution is 2.50. The highest BCUT2D eigenvalue weighted by atomic mass is 35.5. The Labute approximate surface area is 624 Å². The number of halogens is 2. The summed E-state index contributed by atoms with van der Waals surface area (Å²) in [5.74, 6) is -17.8. The average molecular weight is 1550 g/mol. The number of aliphatic carboxylic acids is 2. The molecule has 7 aliphatic heterocycles. The van der Waals surface area contributed by atoms with Crippen LogP contribution >= 0.6 is 23.2 Å². The van der Waals surface area contributed by atoms with Crippen molar-refractivity contribution in [3.8, 4) is 57.1 Å². The van der Waals surface area contributed by atoms with Gasteiger partial charge in [0, 0.05) is 48.4 Å². The third-order valence-corrected chi connectivity index (χ3v) is 19.6. The molecule has 19 atom stereocenters. The summed E-state index contributed by atoms with van der Waals surface area (Å²) < 4.78 is 43.8. The maximum atomic E-state index is 16.1. The molecule has 7 amide bonds. The highest BCUT2D eigenvalue weighted by molar-refractivity contribution is 6.32. The van der Waals surface area contributed by atoms with E-state index in [1.54, 1.807) is 0 Å². The second kappa shape index (κ2) is 33.4. The number of phenolic OH excluding ortho intramolecular Hbond substituents is 3. The summed E-state index contributed by atoms with van der Waals surface area (Å²) in [4.78, 5) is 129. The van der Waals surface area contributed by atoms with Crippen molar-refractivity contribution in [1.82, 2.24) is 42.5 Å². The lowest BCUT2D eigenvalue weighted by Gasteiger charge is -2.48. The van der Waals surface area contributed by atoms with Gasteiger partial charge in [0.1, 0.15) is 89.5 Å². The molecule has 0 radical (unpaired) electrons. The second-order valence-corrected chi connectivity index (χ2v) is 27.9. The molecule has 7 aliphatic rings. The first-order chi connectivity index (χ1) is 51.0. The zero-order valence-corrected chi connectivity index (χ0v) is 59.8. The molecule has 5 aromatic carbocycles. The van der Waals surface area contributed by atoms with E-state index in [2.05, 4.69) is 42.5 Å². The van der Waals surface area contributed by atoms with Gasteiger partial charge in [-0.2, -0.15) is 0 Å². The molecular formula is C70H81Cl2N9O27. The van der Waals surface area contributed by atoms with Gasteiger partial charge in [0.25, 0.3) is 0 Å². The Balaban J connectivity index is 1.22. The Morgan fingerprint density at radius 1 is 0.713 bits per heavy atom. The number of phenols is 3. The maximum absolute atomic E-state index is 16.1. The third kappa shape index (κ3) is 17.4. The number of ether oxygens (including phenoxy) is 7. The molecule has 582 valence electrons. The molecule has 11 bridgehead atoms. The van der Waals surface area contributed by atoms with Crippen molar-refractivity contribution in [2.45, 2.75) is 162 Å². The van der Waals surface area contributed by atoms with Gasteiger partial charge in [-0.05, 0) is 110 Å². The summed E-state index contributed by atoms with van der Waals surface area (Å²) in [6.07, 6.45) is -21.0. The van der Waals surface area contributed by atoms with Crippen LogP contribution in [0.3, 0.4) is 0 Å². The minimum atomic E-state index is -2.39. The van der Waals surface area contributed by atoms with Crippen LogP contribution in [0.1, 0.15) is 105 Å². The number of nitrogens with one attached hydrogen (secondary N) is 8. The van der Waals surface area contributed by atoms with E-state index >= 15 is 14.4 Å². The molecule has 12 rings (SSSR count). The number of rotatable bonds is 18. The molecule has 108 heavy (non-hydrogen) atoms. The highest BCUT2D eigenvalue weighted by Gasteiger charge is 2.52. The Bertz CT molecular complexity index is 4310. The quantitative estimate of drug-likeness (QED) is 0.0542. The van der Waals surface area contributed by atoms with E-state index < -0.39 is 254 Å². The van der Waals surface area contributed by atoms with Gasteiger partial charge >= 0.3 is 11.9 Å². The molecule has 0 aliphatic carbocycles. The number of amides is 7. The number of nitrogens with two attached hydrogens (primary N) is 1. The number of carbonyl (C=O) groups is 9. The number of aliphatic hydroxyl groups excluding tert-OH is 6. The average Bonchev–Trinajstić information content (AvgIpc) is 0.798. The number of hydrogen-bond acceptors (Lipinski definition) is 27. The van der Waals surface area contributed by atoms with Gasteiger partial charge in [-0.25, -0.2) is 9.59 Å². The predicted molar refractivity (Wildman–Crippen MR) is 372 cm³/mol. The van der Waals surface area contributed by atoms with Crippen LogP contribution in [0.5, 0.6) is 46.0 Å². The number of benzene rings is 5. The van der Waals surface area contributed by atoms with Gasteiger partial charge in [-0.15, -0.1) is 0 Å². The van der Waals surface area contributed by atoms with Crippen LogP contribution in [0.2, 0.25) is 10.0 Å². The predicted octanol–water partition coefficient (Wildman–Crippen LogP) is -0.163. The van der Waals surface area contributed by atoms with Gasteiger partial charge < -0.3 is 138 Å². The van der Waals surface area contributed by atoms with E-state index in [-0.39, 0.29) is 47.7 Å². The van der Waals surface area contributed by atoms with Crippen molar-refractivity contribution >= 4 is 76.5 Å². The van der Waals surface area contributed by atoms with Gasteiger partial charge in [-0.3, -0.25) is 33.6 Å². The lowest BCUT2D eigenvalue weighted by Crippen LogP contribution is -2.66. The summed E-state index contributed by atoms with van der Waals surface area (Å²) in [5.41, 5.74) is 1.29. The number of primary amides is 1. The molecule has 12 unspecified atom stereocenters. The van der Waals surface area contributed by atoms with Crippen molar-refractivity contribution in [2.75, 3.05) is 27.3 Å². The monoisotopic (exact) mass is 1550 g/mol. The molecule has 0 saturated carbocycles. The van der Waals surface area contributed by atoms with E-state index in [1.807, 2.05) is 13.8 Å². The molecule has 36 nitrogen and oxygen atoms in total. The maximum Gasteiger partial charge on any atom is 0.334 e. The van der Waals surface area contributed by atoms with Crippen molar-refractivity contribution in [2.24, 2.45) is 11.7 Å². The SMILES string of the molecule is CN[C@H](CC(C)C)C(=O)NC1C(=O)N[C@@H](CC(N)=O)C(=O)N[C@H]2C(=O)NC3C(=O)N[C@H](C(=O)N[C@@H](C(=O)O)c4cc(O)cc(O)c4-c4cc3ccc4O)[C@H](O)c3ccc(c(Cl)c3)Oc3cc2cc(c3OC2OC(CO)C(O)C(O)C2OC2CC(C)(NCC(OC)C(=O)O)C(O)C(C)O2)Oc2ccc(cc2Cl)[C@H]1O. The fourth-order valence-corrected chi connectivity index (χ4v) is 13.7. The summed E-state index contributed by atoms with van der Waals surface area (Å²) in [6, 6.07) is -1.10. The number of fused-ring (bicyclic) bond motifs is 15. The molecule has 2 saturated heterocycles. The van der Waals surface area contributed by atoms with Crippen LogP contribution in [-0.4, -0.2) is 222 Å². The standard InChI is InChI=1S/C70H81Cl2N9O27/c1-25(2)13-36(74-5)61(92)80-52-54(87)28-8-11-40(34(71)15-28)104-42-17-30-18-43(58(42)108-69-59(57(90)56(89)45(24-82)106-69)107-47-22-70(4,60(91)26(3)103-47)75-23-44(102-6)67(98)99)105-41-12-9-29(16-35(41)72)55(88)53-66(97)79-51(68(100)101)33-19-31(83)20-39(85)48(33)32-14-27(7-10-38(32)84)49(63(94)81-53)78-64(95)50(30)77-62(93)37(21-46(73)86)76-65(52)96/h7-12,14-20,25-26,36-37,44-45,47,49-57,59-60,69,74-75,82-85,87-91H,13,21-24H2,1-6H3,(H2,73,86)(H,76,96)(H,77,93)(H,78,95)(H,79,97)(H,80,92)(H,81,94)(H,98,99)(H,100,101)/t26?,36-,37+,44?,45?,47?,49?,50-,51-,52?,53+,54-,55-,56?,57?,59?,60?,69?,70?/m1/s1. The summed E-state index contributed by atoms with van der Waals surface area (Å²) in [6.45, 7) is 5.20. The Kier molecular flexibility index (Phi) is 25.0. The fraction of sp³-hybridized carbons (Fsp3) is 0.443. The molecule has 2 fully saturated rings. The molecule has 0 aromatic heterocycles. The second-order valence-electron chi connectivity index (χ2n) is 27.1. The van der Waals surface area contributed by atoms with Crippen molar-refractivity contribution in [1.29, 1.82) is 0 Å². The van der Waals surface area contributed by atoms with E-state index in [0.717, 1.165) is 73.8 Å². The number of carboxylic acids is 2. The smallest absolute Gasteiger partial charge is 0.334 e. The van der Waals surface area contributed by atoms with E-state index in [1.165, 1.54) is 33.0 Å². The minimum Gasteiger partial charge on any atom is -0.508 e. The number of likely N-dealkylation sites (N-methyl/N-ethyl adjacent to an activating group) is 1. The van der Waals surface area contributed by atoms with Gasteiger partial charge in [-0.1, -0.05) is 55.2 Å². The molecule has 0 spiro atoms. The topological polar surface area (TPSA) is 563 Å². The number of aliphatic hydroxyl groups is 6. The van der Waals surface area contributed by atoms with Crippen LogP contribution in [0.15, 0.2) is 78.9 Å². The Morgan fingerprint density at radius 3 is 1.91 bits per heavy atom. The number of carbonyl (C=O) groups excluding carboxylic acids is 7. The summed E-state index contributed by atoms with van der Waals surface area (Å²) in [5, 5.41) is 145. The number of aromatic hydroxyl groups is 3. The first-order valence-electron chi connectivity index (χ1n) is 33.7. The fourth-order valence-electron chi connectivity index (χ4n) is 13.2. The third-order valence-electron chi connectivity index (χ3n) is 19.0. The molecule has 38 heteroatoms. The normalized spacial score (nSPS) is 28.6. The van der Waals surface area contributed by atoms with Gasteiger partial charge in [0.2, 0.25) is 53.4 Å². The van der Waals surface area contributed by atoms with Gasteiger partial charge in [0.05, 0.1) is 41.3 Å². The van der Waals surface area contributed by atoms with Crippen molar-refractivity contribution in [3.63, 3.8) is 0 Å². The first-order valence-corrected chi connectivity index (χ1v) is 34.5. The number of methoxy groups -OCH3 is 1. The molecular weight excluding hydrogens is 1470 g/mol. The Morgan fingerprint density at radius 2 is 1.32 bits per heavy atom. The lowest BCUT2D eigenvalue weighted by atomic mass is 9.84. The largest absolute Gasteiger partial charge is 0.508 e. The van der Waals surface area contributed by atoms with Gasteiger partial charge in [0.15, 0.2) is 36.0 Å². The van der Waals surface area contributed by atoms with E-state index in [4.69, 9.17) is 62.1 Å². The lowest BCUT2D eigenvalue weighted by molar-refractivity contribution is -0.334. The van der Waals surface area contributed by atoms with Crippen LogP contribution in [0, 0.1) is 5.92 Å². The van der Waals surface area contributed by atoms with Crippen LogP contribution in [-0.2, 0) is 62.1 Å². The summed E-state index contributed by atoms with van der Waals surface area (Å²) in [7, 11) is 2.62. The zero-order chi connectivity index (χ0) is 78.8. The molecule has 7 heterocycles. The van der Waals surface area contributed by atoms with Crippen LogP contribution < -0.4 is 62.5 Å².